The largest absolute Gasteiger partial charge is 0.393 e. The minimum atomic E-state index is 0.0284. The average molecular weight is 184 g/mol. The minimum absolute atomic E-state index is 0.0284. The molecule has 1 nitrogen and oxygen atoms in total. The first-order valence-corrected chi connectivity index (χ1v) is 6.01. The van der Waals surface area contributed by atoms with Gasteiger partial charge in [0.15, 0.2) is 0 Å². The molecule has 13 heavy (non-hydrogen) atoms. The molecule has 1 rings (SSSR count). The predicted molar refractivity (Wildman–Crippen MR) is 56.7 cm³/mol. The molecule has 0 saturated heterocycles. The topological polar surface area (TPSA) is 20.2 Å². The van der Waals surface area contributed by atoms with E-state index in [0.717, 1.165) is 18.8 Å². The first-order chi connectivity index (χ1) is 6.33. The molecule has 1 heteroatoms. The average Bonchev–Trinajstić information content (AvgIpc) is 2.51. The summed E-state index contributed by atoms with van der Waals surface area (Å²) in [6.07, 6.45) is 11.7. The van der Waals surface area contributed by atoms with Gasteiger partial charge in [-0.3, -0.25) is 0 Å². The first-order valence-electron chi connectivity index (χ1n) is 6.01. The van der Waals surface area contributed by atoms with E-state index in [1.807, 2.05) is 0 Å². The van der Waals surface area contributed by atoms with Crippen molar-refractivity contribution in [1.82, 2.24) is 0 Å². The number of aliphatic hydroxyl groups is 1. The van der Waals surface area contributed by atoms with Crippen molar-refractivity contribution in [1.29, 1.82) is 0 Å². The van der Waals surface area contributed by atoms with Crippen LogP contribution in [0.4, 0.5) is 0 Å². The second-order valence-corrected chi connectivity index (χ2v) is 4.54. The lowest BCUT2D eigenvalue weighted by Gasteiger charge is -2.07. The molecule has 1 aliphatic rings. The van der Waals surface area contributed by atoms with Crippen molar-refractivity contribution in [2.75, 3.05) is 0 Å². The molecular weight excluding hydrogens is 160 g/mol. The summed E-state index contributed by atoms with van der Waals surface area (Å²) >= 11 is 0. The van der Waals surface area contributed by atoms with Gasteiger partial charge in [0.25, 0.3) is 0 Å². The van der Waals surface area contributed by atoms with Crippen molar-refractivity contribution < 1.29 is 5.11 Å². The van der Waals surface area contributed by atoms with E-state index in [2.05, 4.69) is 6.92 Å². The molecule has 1 N–H and O–H groups in total. The van der Waals surface area contributed by atoms with Gasteiger partial charge < -0.3 is 5.11 Å². The molecular formula is C12H24O. The van der Waals surface area contributed by atoms with Crippen LogP contribution in [-0.2, 0) is 0 Å². The second-order valence-electron chi connectivity index (χ2n) is 4.54. The lowest BCUT2D eigenvalue weighted by Crippen LogP contribution is -2.00. The zero-order chi connectivity index (χ0) is 9.52. The van der Waals surface area contributed by atoms with E-state index < -0.39 is 0 Å². The maximum absolute atomic E-state index is 9.34. The van der Waals surface area contributed by atoms with Crippen LogP contribution in [0.5, 0.6) is 0 Å². The highest BCUT2D eigenvalue weighted by Gasteiger charge is 2.21. The van der Waals surface area contributed by atoms with Crippen LogP contribution in [0, 0.1) is 5.92 Å². The van der Waals surface area contributed by atoms with Gasteiger partial charge in [-0.2, -0.15) is 0 Å². The Morgan fingerprint density at radius 1 is 1.08 bits per heavy atom. The lowest BCUT2D eigenvalue weighted by molar-refractivity contribution is 0.176. The quantitative estimate of drug-likeness (QED) is 0.626. The van der Waals surface area contributed by atoms with Crippen LogP contribution in [0.15, 0.2) is 0 Å². The van der Waals surface area contributed by atoms with E-state index in [1.54, 1.807) is 0 Å². The Hall–Kier alpha value is -0.0400. The Morgan fingerprint density at radius 3 is 2.46 bits per heavy atom. The summed E-state index contributed by atoms with van der Waals surface area (Å²) in [6, 6.07) is 0. The predicted octanol–water partition coefficient (Wildman–Crippen LogP) is 3.51. The maximum Gasteiger partial charge on any atom is 0.0543 e. The van der Waals surface area contributed by atoms with E-state index in [-0.39, 0.29) is 6.10 Å². The third-order valence-electron chi connectivity index (χ3n) is 3.23. The fourth-order valence-electron chi connectivity index (χ4n) is 2.35. The molecule has 0 aromatic rings. The molecule has 0 spiro atoms. The molecule has 1 fully saturated rings. The fraction of sp³-hybridized carbons (Fsp3) is 1.00. The molecule has 2 unspecified atom stereocenters. The van der Waals surface area contributed by atoms with Crippen LogP contribution < -0.4 is 0 Å². The molecule has 0 heterocycles. The molecule has 0 aromatic heterocycles. The van der Waals surface area contributed by atoms with Crippen LogP contribution >= 0.6 is 0 Å². The zero-order valence-electron chi connectivity index (χ0n) is 8.97. The van der Waals surface area contributed by atoms with Crippen molar-refractivity contribution in [2.24, 2.45) is 5.92 Å². The third-order valence-corrected chi connectivity index (χ3v) is 3.23. The normalized spacial score (nSPS) is 28.2. The highest BCUT2D eigenvalue weighted by molar-refractivity contribution is 4.74. The maximum atomic E-state index is 9.34. The Labute approximate surface area is 82.5 Å². The van der Waals surface area contributed by atoms with E-state index >= 15 is 0 Å². The monoisotopic (exact) mass is 184 g/mol. The van der Waals surface area contributed by atoms with Crippen LogP contribution in [0.2, 0.25) is 0 Å². The van der Waals surface area contributed by atoms with Gasteiger partial charge in [-0.05, 0) is 25.2 Å². The molecule has 0 bridgehead atoms. The summed E-state index contributed by atoms with van der Waals surface area (Å²) in [7, 11) is 0. The summed E-state index contributed by atoms with van der Waals surface area (Å²) in [4.78, 5) is 0. The van der Waals surface area contributed by atoms with Crippen molar-refractivity contribution in [3.8, 4) is 0 Å². The third kappa shape index (κ3) is 4.66. The summed E-state index contributed by atoms with van der Waals surface area (Å²) in [5.41, 5.74) is 0. The molecule has 0 aromatic carbocycles. The van der Waals surface area contributed by atoms with Gasteiger partial charge in [0.05, 0.1) is 6.10 Å². The van der Waals surface area contributed by atoms with Crippen molar-refractivity contribution in [3.05, 3.63) is 0 Å². The van der Waals surface area contributed by atoms with E-state index in [0.29, 0.717) is 0 Å². The smallest absolute Gasteiger partial charge is 0.0543 e. The minimum Gasteiger partial charge on any atom is -0.393 e. The van der Waals surface area contributed by atoms with E-state index in [1.165, 1.54) is 44.9 Å². The SMILES string of the molecule is CCCCCCCC1CCC(O)C1. The van der Waals surface area contributed by atoms with E-state index in [4.69, 9.17) is 0 Å². The number of aliphatic hydroxyl groups excluding tert-OH is 1. The highest BCUT2D eigenvalue weighted by atomic mass is 16.3. The Balaban J connectivity index is 1.88. The summed E-state index contributed by atoms with van der Waals surface area (Å²) in [5, 5.41) is 9.34. The fourth-order valence-corrected chi connectivity index (χ4v) is 2.35. The van der Waals surface area contributed by atoms with Crippen LogP contribution in [0.25, 0.3) is 0 Å². The highest BCUT2D eigenvalue weighted by Crippen LogP contribution is 2.29. The lowest BCUT2D eigenvalue weighted by atomic mass is 9.99. The number of hydrogen-bond donors (Lipinski definition) is 1. The number of unbranched alkanes of at least 4 members (excludes halogenated alkanes) is 4. The van der Waals surface area contributed by atoms with Crippen LogP contribution in [-0.4, -0.2) is 11.2 Å². The second kappa shape index (κ2) is 6.42. The molecule has 2 atom stereocenters. The van der Waals surface area contributed by atoms with Crippen molar-refractivity contribution in [3.63, 3.8) is 0 Å². The summed E-state index contributed by atoms with van der Waals surface area (Å²) in [5.74, 6) is 0.844. The van der Waals surface area contributed by atoms with Gasteiger partial charge in [-0.25, -0.2) is 0 Å². The van der Waals surface area contributed by atoms with Crippen molar-refractivity contribution in [2.45, 2.75) is 70.8 Å². The molecule has 1 aliphatic carbocycles. The van der Waals surface area contributed by atoms with E-state index in [9.17, 15) is 5.11 Å². The first kappa shape index (κ1) is 11.0. The van der Waals surface area contributed by atoms with Crippen molar-refractivity contribution >= 4 is 0 Å². The van der Waals surface area contributed by atoms with Crippen LogP contribution in [0.3, 0.4) is 0 Å². The molecule has 1 saturated carbocycles. The number of hydrogen-bond acceptors (Lipinski definition) is 1. The van der Waals surface area contributed by atoms with Gasteiger partial charge in [0, 0.05) is 0 Å². The van der Waals surface area contributed by atoms with Gasteiger partial charge >= 0.3 is 0 Å². The van der Waals surface area contributed by atoms with Gasteiger partial charge in [-0.15, -0.1) is 0 Å². The van der Waals surface area contributed by atoms with Gasteiger partial charge in [0.1, 0.15) is 0 Å². The molecule has 78 valence electrons. The summed E-state index contributed by atoms with van der Waals surface area (Å²) < 4.78 is 0. The standard InChI is InChI=1S/C12H24O/c1-2-3-4-5-6-7-11-8-9-12(13)10-11/h11-13H,2-10H2,1H3. The molecule has 0 amide bonds. The number of rotatable bonds is 6. The van der Waals surface area contributed by atoms with Crippen LogP contribution in [0.1, 0.15) is 64.7 Å². The molecule has 0 radical (unpaired) electrons. The molecule has 0 aliphatic heterocycles. The Bertz CT molecular complexity index is 122. The zero-order valence-corrected chi connectivity index (χ0v) is 8.97. The van der Waals surface area contributed by atoms with Gasteiger partial charge in [0.2, 0.25) is 0 Å². The Morgan fingerprint density at radius 2 is 1.85 bits per heavy atom. The van der Waals surface area contributed by atoms with Gasteiger partial charge in [-0.1, -0.05) is 45.4 Å². The summed E-state index contributed by atoms with van der Waals surface area (Å²) in [6.45, 7) is 2.26. The Kier molecular flexibility index (Phi) is 5.45.